The summed E-state index contributed by atoms with van der Waals surface area (Å²) in [5.74, 6) is -0.324. The highest BCUT2D eigenvalue weighted by Gasteiger charge is 2.15. The highest BCUT2D eigenvalue weighted by atomic mass is 16.2. The Balaban J connectivity index is 1.61. The Morgan fingerprint density at radius 2 is 1.81 bits per heavy atom. The Kier molecular flexibility index (Phi) is 6.14. The summed E-state index contributed by atoms with van der Waals surface area (Å²) < 4.78 is 3.45. The molecule has 0 atom stereocenters. The van der Waals surface area contributed by atoms with Gasteiger partial charge in [0.15, 0.2) is 0 Å². The van der Waals surface area contributed by atoms with Crippen LogP contribution in [0.15, 0.2) is 60.0 Å². The Hall–Kier alpha value is -3.22. The summed E-state index contributed by atoms with van der Waals surface area (Å²) in [5.41, 5.74) is 1.81. The molecule has 0 aliphatic rings. The van der Waals surface area contributed by atoms with Crippen LogP contribution in [0.3, 0.4) is 0 Å². The summed E-state index contributed by atoms with van der Waals surface area (Å²) in [5, 5.41) is 10.3. The van der Waals surface area contributed by atoms with E-state index in [0.717, 1.165) is 18.4 Å². The third kappa shape index (κ3) is 4.91. The zero-order chi connectivity index (χ0) is 19.1. The minimum atomic E-state index is -0.324. The quantitative estimate of drug-likeness (QED) is 0.617. The number of amides is 1. The van der Waals surface area contributed by atoms with Crippen molar-refractivity contribution in [1.82, 2.24) is 24.6 Å². The first kappa shape index (κ1) is 18.6. The summed E-state index contributed by atoms with van der Waals surface area (Å²) in [6, 6.07) is 11.8. The molecule has 2 heterocycles. The van der Waals surface area contributed by atoms with E-state index >= 15 is 0 Å². The van der Waals surface area contributed by atoms with Gasteiger partial charge in [-0.15, -0.1) is 10.2 Å². The molecule has 0 aliphatic carbocycles. The molecule has 0 radical (unpaired) electrons. The van der Waals surface area contributed by atoms with E-state index in [4.69, 9.17) is 0 Å². The van der Waals surface area contributed by atoms with Crippen LogP contribution >= 0.6 is 0 Å². The van der Waals surface area contributed by atoms with E-state index in [0.29, 0.717) is 25.2 Å². The van der Waals surface area contributed by atoms with Gasteiger partial charge in [-0.05, 0) is 37.0 Å². The Bertz CT molecular complexity index is 933. The lowest BCUT2D eigenvalue weighted by Gasteiger charge is -2.11. The van der Waals surface area contributed by atoms with E-state index in [1.807, 2.05) is 41.0 Å². The molecule has 1 amide bonds. The van der Waals surface area contributed by atoms with E-state index in [-0.39, 0.29) is 17.0 Å². The van der Waals surface area contributed by atoms with Crippen LogP contribution in [0.2, 0.25) is 0 Å². The fourth-order valence-electron chi connectivity index (χ4n) is 2.90. The van der Waals surface area contributed by atoms with Gasteiger partial charge in [0.2, 0.25) is 0 Å². The van der Waals surface area contributed by atoms with Gasteiger partial charge >= 0.3 is 0 Å². The first-order valence-corrected chi connectivity index (χ1v) is 9.00. The lowest BCUT2D eigenvalue weighted by molar-refractivity contribution is 0.0950. The number of aromatic nitrogens is 4. The van der Waals surface area contributed by atoms with E-state index in [1.54, 1.807) is 30.3 Å². The molecule has 7 nitrogen and oxygen atoms in total. The second-order valence-electron chi connectivity index (χ2n) is 6.42. The predicted molar refractivity (Wildman–Crippen MR) is 103 cm³/mol. The average Bonchev–Trinajstić information content (AvgIpc) is 3.19. The number of aryl methyl sites for hydroxylation is 4. The van der Waals surface area contributed by atoms with Crippen LogP contribution < -0.4 is 10.9 Å². The molecule has 3 rings (SSSR count). The van der Waals surface area contributed by atoms with Gasteiger partial charge in [0.1, 0.15) is 18.2 Å². The van der Waals surface area contributed by atoms with Gasteiger partial charge < -0.3 is 14.5 Å². The lowest BCUT2D eigenvalue weighted by Crippen LogP contribution is -2.35. The maximum atomic E-state index is 12.8. The van der Waals surface area contributed by atoms with Crippen LogP contribution in [-0.2, 0) is 19.5 Å². The number of carbonyl (C=O) groups is 1. The summed E-state index contributed by atoms with van der Waals surface area (Å²) in [7, 11) is 0. The number of pyridine rings is 1. The number of hydrogen-bond acceptors (Lipinski definition) is 4. The molecule has 1 aromatic carbocycles. The second kappa shape index (κ2) is 8.93. The molecule has 0 aliphatic heterocycles. The molecule has 7 heteroatoms. The zero-order valence-electron chi connectivity index (χ0n) is 15.3. The standard InChI is InChI=1S/C20H23N5O2/c1-16-8-12-25(13-9-17-6-3-2-4-7-17)20(27)18(16)19(26)21-10-5-11-24-14-22-23-15-24/h2-4,6-8,12,14-15H,5,9-11,13H2,1H3,(H,21,26). The summed E-state index contributed by atoms with van der Waals surface area (Å²) in [6.45, 7) is 3.52. The molecule has 0 saturated carbocycles. The monoisotopic (exact) mass is 365 g/mol. The van der Waals surface area contributed by atoms with Gasteiger partial charge in [-0.1, -0.05) is 30.3 Å². The highest BCUT2D eigenvalue weighted by Crippen LogP contribution is 2.05. The van der Waals surface area contributed by atoms with Crippen molar-refractivity contribution in [1.29, 1.82) is 0 Å². The van der Waals surface area contributed by atoms with Crippen molar-refractivity contribution in [3.8, 4) is 0 Å². The van der Waals surface area contributed by atoms with Crippen molar-refractivity contribution < 1.29 is 4.79 Å². The fraction of sp³-hybridized carbons (Fsp3) is 0.300. The van der Waals surface area contributed by atoms with E-state index < -0.39 is 0 Å². The topological polar surface area (TPSA) is 81.8 Å². The normalized spacial score (nSPS) is 10.7. The number of nitrogens with one attached hydrogen (secondary N) is 1. The third-order valence-corrected chi connectivity index (χ3v) is 4.43. The van der Waals surface area contributed by atoms with Gasteiger partial charge in [0, 0.05) is 25.8 Å². The van der Waals surface area contributed by atoms with Crippen molar-refractivity contribution in [3.05, 3.63) is 82.3 Å². The molecule has 140 valence electrons. The molecule has 0 fully saturated rings. The molecule has 2 aromatic heterocycles. The van der Waals surface area contributed by atoms with Crippen molar-refractivity contribution in [2.45, 2.75) is 32.9 Å². The van der Waals surface area contributed by atoms with Crippen LogP contribution in [0.1, 0.15) is 27.9 Å². The van der Waals surface area contributed by atoms with Gasteiger partial charge in [0.05, 0.1) is 0 Å². The predicted octanol–water partition coefficient (Wildman–Crippen LogP) is 1.81. The van der Waals surface area contributed by atoms with Gasteiger partial charge in [-0.25, -0.2) is 0 Å². The summed E-state index contributed by atoms with van der Waals surface area (Å²) in [4.78, 5) is 25.3. The maximum Gasteiger partial charge on any atom is 0.263 e. The number of carbonyl (C=O) groups excluding carboxylic acids is 1. The molecular formula is C20H23N5O2. The second-order valence-corrected chi connectivity index (χ2v) is 6.42. The first-order valence-electron chi connectivity index (χ1n) is 9.00. The number of nitrogens with zero attached hydrogens (tertiary/aromatic N) is 4. The van der Waals surface area contributed by atoms with Crippen LogP contribution in [-0.4, -0.2) is 31.8 Å². The van der Waals surface area contributed by atoms with Crippen LogP contribution in [0.5, 0.6) is 0 Å². The zero-order valence-corrected chi connectivity index (χ0v) is 15.3. The van der Waals surface area contributed by atoms with E-state index in [2.05, 4.69) is 15.5 Å². The SMILES string of the molecule is Cc1ccn(CCc2ccccc2)c(=O)c1C(=O)NCCCn1cnnc1. The maximum absolute atomic E-state index is 12.8. The number of benzene rings is 1. The molecular weight excluding hydrogens is 342 g/mol. The van der Waals surface area contributed by atoms with Gasteiger partial charge in [-0.2, -0.15) is 0 Å². The van der Waals surface area contributed by atoms with Crippen LogP contribution in [0, 0.1) is 6.92 Å². The first-order chi connectivity index (χ1) is 13.1. The lowest BCUT2D eigenvalue weighted by atomic mass is 10.1. The van der Waals surface area contributed by atoms with Crippen molar-refractivity contribution in [2.24, 2.45) is 0 Å². The molecule has 0 saturated heterocycles. The van der Waals surface area contributed by atoms with Gasteiger partial charge in [-0.3, -0.25) is 9.59 Å². The Morgan fingerprint density at radius 1 is 1.07 bits per heavy atom. The van der Waals surface area contributed by atoms with Crippen molar-refractivity contribution >= 4 is 5.91 Å². The van der Waals surface area contributed by atoms with Crippen LogP contribution in [0.25, 0.3) is 0 Å². The van der Waals surface area contributed by atoms with Gasteiger partial charge in [0.25, 0.3) is 11.5 Å². The summed E-state index contributed by atoms with van der Waals surface area (Å²) >= 11 is 0. The molecule has 0 unspecified atom stereocenters. The minimum absolute atomic E-state index is 0.217. The average molecular weight is 365 g/mol. The fourth-order valence-corrected chi connectivity index (χ4v) is 2.90. The minimum Gasteiger partial charge on any atom is -0.352 e. The molecule has 0 spiro atoms. The number of rotatable bonds is 8. The molecule has 3 aromatic rings. The Morgan fingerprint density at radius 3 is 2.56 bits per heavy atom. The van der Waals surface area contributed by atoms with E-state index in [9.17, 15) is 9.59 Å². The van der Waals surface area contributed by atoms with E-state index in [1.165, 1.54) is 0 Å². The smallest absolute Gasteiger partial charge is 0.263 e. The molecule has 0 bridgehead atoms. The summed E-state index contributed by atoms with van der Waals surface area (Å²) in [6.07, 6.45) is 6.49. The largest absolute Gasteiger partial charge is 0.352 e. The van der Waals surface area contributed by atoms with Crippen LogP contribution in [0.4, 0.5) is 0 Å². The number of hydrogen-bond donors (Lipinski definition) is 1. The third-order valence-electron chi connectivity index (χ3n) is 4.43. The molecule has 27 heavy (non-hydrogen) atoms. The van der Waals surface area contributed by atoms with Crippen molar-refractivity contribution in [3.63, 3.8) is 0 Å². The Labute approximate surface area is 157 Å². The van der Waals surface area contributed by atoms with Crippen molar-refractivity contribution in [2.75, 3.05) is 6.54 Å². The highest BCUT2D eigenvalue weighted by molar-refractivity contribution is 5.95. The molecule has 1 N–H and O–H groups in total.